The molecule has 11 heavy (non-hydrogen) atoms. The standard InChI is InChI=1S/C10H20S/c11-9-10-7-5-3-1-2-4-6-8-10/h10-11H,1-9H2. The normalized spacial score (nSPS) is 23.7. The molecular formula is C10H20S. The summed E-state index contributed by atoms with van der Waals surface area (Å²) >= 11 is 4.38. The maximum absolute atomic E-state index is 4.38. The van der Waals surface area contributed by atoms with Gasteiger partial charge in [-0.05, 0) is 24.5 Å². The Morgan fingerprint density at radius 1 is 0.818 bits per heavy atom. The molecule has 0 spiro atoms. The van der Waals surface area contributed by atoms with Gasteiger partial charge < -0.3 is 0 Å². The molecule has 0 amide bonds. The third-order valence-electron chi connectivity index (χ3n) is 2.73. The van der Waals surface area contributed by atoms with Crippen molar-refractivity contribution in [2.24, 2.45) is 5.92 Å². The first-order valence-electron chi connectivity index (χ1n) is 5.04. The van der Waals surface area contributed by atoms with Gasteiger partial charge in [0, 0.05) is 0 Å². The van der Waals surface area contributed by atoms with Crippen LogP contribution in [0.15, 0.2) is 0 Å². The van der Waals surface area contributed by atoms with Gasteiger partial charge in [0.15, 0.2) is 0 Å². The van der Waals surface area contributed by atoms with E-state index in [9.17, 15) is 0 Å². The van der Waals surface area contributed by atoms with Gasteiger partial charge in [-0.25, -0.2) is 0 Å². The number of hydrogen-bond donors (Lipinski definition) is 1. The summed E-state index contributed by atoms with van der Waals surface area (Å²) in [4.78, 5) is 0. The minimum absolute atomic E-state index is 0.927. The van der Waals surface area contributed by atoms with E-state index < -0.39 is 0 Å². The summed E-state index contributed by atoms with van der Waals surface area (Å²) in [7, 11) is 0. The Morgan fingerprint density at radius 2 is 1.27 bits per heavy atom. The lowest BCUT2D eigenvalue weighted by Crippen LogP contribution is -2.01. The van der Waals surface area contributed by atoms with Crippen molar-refractivity contribution < 1.29 is 0 Å². The molecule has 0 nitrogen and oxygen atoms in total. The monoisotopic (exact) mass is 172 g/mol. The smallest absolute Gasteiger partial charge is 0.00695 e. The topological polar surface area (TPSA) is 0 Å². The highest BCUT2D eigenvalue weighted by atomic mass is 32.1. The fourth-order valence-corrected chi connectivity index (χ4v) is 2.27. The van der Waals surface area contributed by atoms with E-state index in [4.69, 9.17) is 0 Å². The first-order valence-corrected chi connectivity index (χ1v) is 5.67. The Kier molecular flexibility index (Phi) is 5.09. The molecule has 1 aliphatic carbocycles. The highest BCUT2D eigenvalue weighted by molar-refractivity contribution is 7.80. The Hall–Kier alpha value is 0.350. The molecule has 0 aromatic carbocycles. The van der Waals surface area contributed by atoms with Crippen molar-refractivity contribution in [2.75, 3.05) is 5.75 Å². The summed E-state index contributed by atoms with van der Waals surface area (Å²) in [6.07, 6.45) is 11.6. The summed E-state index contributed by atoms with van der Waals surface area (Å²) in [6, 6.07) is 0. The lowest BCUT2D eigenvalue weighted by Gasteiger charge is -2.11. The third kappa shape index (κ3) is 4.05. The van der Waals surface area contributed by atoms with Crippen LogP contribution in [0.25, 0.3) is 0 Å². The van der Waals surface area contributed by atoms with Gasteiger partial charge in [-0.1, -0.05) is 38.5 Å². The minimum Gasteiger partial charge on any atom is -0.179 e. The van der Waals surface area contributed by atoms with Crippen LogP contribution in [0.3, 0.4) is 0 Å². The van der Waals surface area contributed by atoms with Crippen LogP contribution >= 0.6 is 12.6 Å². The molecule has 0 unspecified atom stereocenters. The molecule has 66 valence electrons. The van der Waals surface area contributed by atoms with Crippen molar-refractivity contribution in [3.63, 3.8) is 0 Å². The summed E-state index contributed by atoms with van der Waals surface area (Å²) in [6.45, 7) is 0. The van der Waals surface area contributed by atoms with Gasteiger partial charge in [0.25, 0.3) is 0 Å². The van der Waals surface area contributed by atoms with Gasteiger partial charge in [0.05, 0.1) is 0 Å². The van der Waals surface area contributed by atoms with Gasteiger partial charge in [-0.15, -0.1) is 0 Å². The molecular weight excluding hydrogens is 152 g/mol. The van der Waals surface area contributed by atoms with Crippen molar-refractivity contribution >= 4 is 12.6 Å². The average molecular weight is 172 g/mol. The minimum atomic E-state index is 0.927. The largest absolute Gasteiger partial charge is 0.179 e. The van der Waals surface area contributed by atoms with Crippen LogP contribution in [0, 0.1) is 5.92 Å². The van der Waals surface area contributed by atoms with Crippen LogP contribution < -0.4 is 0 Å². The maximum Gasteiger partial charge on any atom is -0.00695 e. The predicted octanol–water partition coefficient (Wildman–Crippen LogP) is 3.67. The molecule has 0 aromatic rings. The first kappa shape index (κ1) is 9.44. The molecule has 0 saturated heterocycles. The zero-order chi connectivity index (χ0) is 7.94. The van der Waals surface area contributed by atoms with E-state index in [1.807, 2.05) is 0 Å². The zero-order valence-electron chi connectivity index (χ0n) is 7.39. The number of thiol groups is 1. The second-order valence-corrected chi connectivity index (χ2v) is 4.11. The highest BCUT2D eigenvalue weighted by Crippen LogP contribution is 2.22. The Balaban J connectivity index is 2.19. The molecule has 1 aliphatic rings. The average Bonchev–Trinajstić information content (AvgIpc) is 2.16. The Morgan fingerprint density at radius 3 is 1.73 bits per heavy atom. The van der Waals surface area contributed by atoms with Crippen LogP contribution in [0.5, 0.6) is 0 Å². The van der Waals surface area contributed by atoms with Crippen LogP contribution in [0.2, 0.25) is 0 Å². The van der Waals surface area contributed by atoms with Gasteiger partial charge >= 0.3 is 0 Å². The lowest BCUT2D eigenvalue weighted by molar-refractivity contribution is 0.473. The quantitative estimate of drug-likeness (QED) is 0.573. The van der Waals surface area contributed by atoms with Crippen LogP contribution in [0.4, 0.5) is 0 Å². The van der Waals surface area contributed by atoms with E-state index in [0.717, 1.165) is 11.7 Å². The van der Waals surface area contributed by atoms with E-state index >= 15 is 0 Å². The summed E-state index contributed by atoms with van der Waals surface area (Å²) in [5, 5.41) is 0. The van der Waals surface area contributed by atoms with Crippen molar-refractivity contribution in [3.05, 3.63) is 0 Å². The molecule has 1 rings (SSSR count). The highest BCUT2D eigenvalue weighted by Gasteiger charge is 2.07. The van der Waals surface area contributed by atoms with Gasteiger partial charge in [-0.3, -0.25) is 0 Å². The zero-order valence-corrected chi connectivity index (χ0v) is 8.28. The molecule has 0 radical (unpaired) electrons. The fraction of sp³-hybridized carbons (Fsp3) is 1.00. The van der Waals surface area contributed by atoms with Gasteiger partial charge in [-0.2, -0.15) is 12.6 Å². The maximum atomic E-state index is 4.38. The second kappa shape index (κ2) is 5.93. The molecule has 0 heterocycles. The molecule has 1 heteroatoms. The number of hydrogen-bond acceptors (Lipinski definition) is 1. The summed E-state index contributed by atoms with van der Waals surface area (Å²) < 4.78 is 0. The molecule has 0 aromatic heterocycles. The van der Waals surface area contributed by atoms with Gasteiger partial charge in [0.2, 0.25) is 0 Å². The third-order valence-corrected chi connectivity index (χ3v) is 3.25. The summed E-state index contributed by atoms with van der Waals surface area (Å²) in [5.41, 5.74) is 0. The molecule has 1 fully saturated rings. The van der Waals surface area contributed by atoms with Crippen LogP contribution in [-0.4, -0.2) is 5.75 Å². The van der Waals surface area contributed by atoms with Crippen molar-refractivity contribution in [3.8, 4) is 0 Å². The molecule has 0 atom stereocenters. The molecule has 1 saturated carbocycles. The molecule has 0 aliphatic heterocycles. The van der Waals surface area contributed by atoms with Crippen molar-refractivity contribution in [1.29, 1.82) is 0 Å². The first-order chi connectivity index (χ1) is 5.43. The Bertz CT molecular complexity index is 80.9. The molecule has 0 N–H and O–H groups in total. The Labute approximate surface area is 76.2 Å². The second-order valence-electron chi connectivity index (χ2n) is 3.75. The van der Waals surface area contributed by atoms with Crippen molar-refractivity contribution in [1.82, 2.24) is 0 Å². The fourth-order valence-electron chi connectivity index (χ4n) is 1.90. The van der Waals surface area contributed by atoms with Crippen molar-refractivity contribution in [2.45, 2.75) is 51.4 Å². The van der Waals surface area contributed by atoms with E-state index in [0.29, 0.717) is 0 Å². The van der Waals surface area contributed by atoms with Gasteiger partial charge in [0.1, 0.15) is 0 Å². The van der Waals surface area contributed by atoms with E-state index in [1.54, 1.807) is 0 Å². The number of rotatable bonds is 1. The predicted molar refractivity (Wildman–Crippen MR) is 54.3 cm³/mol. The SMILES string of the molecule is SCC1CCCCCCCC1. The van der Waals surface area contributed by atoms with Crippen LogP contribution in [0.1, 0.15) is 51.4 Å². The lowest BCUT2D eigenvalue weighted by atomic mass is 9.99. The summed E-state index contributed by atoms with van der Waals surface area (Å²) in [5.74, 6) is 2.04. The van der Waals surface area contributed by atoms with Crippen LogP contribution in [-0.2, 0) is 0 Å². The van der Waals surface area contributed by atoms with E-state index in [1.165, 1.54) is 51.4 Å². The molecule has 0 bridgehead atoms. The van der Waals surface area contributed by atoms with E-state index in [-0.39, 0.29) is 0 Å². The van der Waals surface area contributed by atoms with E-state index in [2.05, 4.69) is 12.6 Å².